The van der Waals surface area contributed by atoms with Gasteiger partial charge >= 0.3 is 6.09 Å². The van der Waals surface area contributed by atoms with Crippen molar-refractivity contribution in [1.29, 1.82) is 0 Å². The van der Waals surface area contributed by atoms with E-state index in [-0.39, 0.29) is 24.6 Å². The van der Waals surface area contributed by atoms with Gasteiger partial charge in [-0.05, 0) is 18.9 Å². The van der Waals surface area contributed by atoms with Crippen LogP contribution in [0.2, 0.25) is 0 Å². The van der Waals surface area contributed by atoms with Crippen LogP contribution in [0, 0.1) is 0 Å². The van der Waals surface area contributed by atoms with Gasteiger partial charge in [0.25, 0.3) is 0 Å². The van der Waals surface area contributed by atoms with E-state index >= 15 is 0 Å². The minimum atomic E-state index is -0.503. The van der Waals surface area contributed by atoms with Gasteiger partial charge in [0.2, 0.25) is 5.91 Å². The van der Waals surface area contributed by atoms with Gasteiger partial charge in [0.15, 0.2) is 0 Å². The van der Waals surface area contributed by atoms with Gasteiger partial charge in [-0.3, -0.25) is 9.69 Å². The van der Waals surface area contributed by atoms with E-state index in [1.807, 2.05) is 35.2 Å². The van der Waals surface area contributed by atoms with Crippen LogP contribution in [0.1, 0.15) is 45.1 Å². The van der Waals surface area contributed by atoms with Gasteiger partial charge in [-0.15, -0.1) is 0 Å². The Morgan fingerprint density at radius 3 is 2.74 bits per heavy atom. The summed E-state index contributed by atoms with van der Waals surface area (Å²) in [6, 6.07) is 9.09. The molecule has 1 aromatic rings. The van der Waals surface area contributed by atoms with Gasteiger partial charge in [0.05, 0.1) is 25.3 Å². The highest BCUT2D eigenvalue weighted by atomic mass is 16.6. The quantitative estimate of drug-likeness (QED) is 0.718. The fourth-order valence-electron chi connectivity index (χ4n) is 3.92. The van der Waals surface area contributed by atoms with E-state index in [2.05, 4.69) is 6.92 Å². The monoisotopic (exact) mass is 374 g/mol. The van der Waals surface area contributed by atoms with Crippen molar-refractivity contribution in [3.05, 3.63) is 35.9 Å². The maximum atomic E-state index is 13.0. The van der Waals surface area contributed by atoms with E-state index in [4.69, 9.17) is 9.47 Å². The van der Waals surface area contributed by atoms with Crippen LogP contribution in [0.25, 0.3) is 0 Å². The summed E-state index contributed by atoms with van der Waals surface area (Å²) in [6.07, 6.45) is 3.94. The summed E-state index contributed by atoms with van der Waals surface area (Å²) in [5.41, 5.74) is 0.931. The van der Waals surface area contributed by atoms with Gasteiger partial charge in [-0.1, -0.05) is 56.5 Å². The number of unbranched alkanes of at least 4 members (excludes halogenated alkanes) is 2. The van der Waals surface area contributed by atoms with Crippen molar-refractivity contribution in [2.45, 2.75) is 64.3 Å². The van der Waals surface area contributed by atoms with E-state index in [0.29, 0.717) is 19.8 Å². The van der Waals surface area contributed by atoms with Crippen molar-refractivity contribution in [2.24, 2.45) is 0 Å². The van der Waals surface area contributed by atoms with Crippen LogP contribution in [-0.2, 0) is 20.9 Å². The third kappa shape index (κ3) is 4.61. The fourth-order valence-corrected chi connectivity index (χ4v) is 3.92. The molecule has 0 radical (unpaired) electrons. The zero-order valence-corrected chi connectivity index (χ0v) is 16.3. The highest BCUT2D eigenvalue weighted by Gasteiger charge is 2.45. The fraction of sp³-hybridized carbons (Fsp3) is 0.619. The molecule has 2 amide bonds. The average Bonchev–Trinajstić information content (AvgIpc) is 2.69. The molecule has 0 bridgehead atoms. The number of hydrogen-bond acceptors (Lipinski definition) is 4. The predicted molar refractivity (Wildman–Crippen MR) is 102 cm³/mol. The molecule has 2 aliphatic rings. The lowest BCUT2D eigenvalue weighted by Crippen LogP contribution is -2.68. The number of ether oxygens (including phenoxy) is 2. The van der Waals surface area contributed by atoms with E-state index in [1.54, 1.807) is 11.8 Å². The first-order valence-electron chi connectivity index (χ1n) is 9.99. The highest BCUT2D eigenvalue weighted by Crippen LogP contribution is 2.26. The molecule has 3 rings (SSSR count). The minimum Gasteiger partial charge on any atom is -0.445 e. The molecule has 0 spiro atoms. The number of carbonyl (C=O) groups is 2. The van der Waals surface area contributed by atoms with Gasteiger partial charge < -0.3 is 14.4 Å². The van der Waals surface area contributed by atoms with E-state index in [0.717, 1.165) is 31.2 Å². The van der Waals surface area contributed by atoms with Crippen LogP contribution in [0.5, 0.6) is 0 Å². The Labute approximate surface area is 161 Å². The maximum absolute atomic E-state index is 13.0. The molecule has 0 aliphatic carbocycles. The second kappa shape index (κ2) is 9.22. The third-order valence-electron chi connectivity index (χ3n) is 5.47. The minimum absolute atomic E-state index is 0.00714. The summed E-state index contributed by atoms with van der Waals surface area (Å²) in [6.45, 7) is 5.71. The molecular weight excluding hydrogens is 344 g/mol. The summed E-state index contributed by atoms with van der Waals surface area (Å²) in [5.74, 6) is 0.00714. The Morgan fingerprint density at radius 1 is 1.22 bits per heavy atom. The number of benzene rings is 1. The molecule has 0 saturated carbocycles. The Bertz CT molecular complexity index is 636. The predicted octanol–water partition coefficient (Wildman–Crippen LogP) is 3.20. The SMILES string of the molecule is CCCCC[C@H]1COC[C@H]2CN(C(=O)OCc3ccccc3)[C@@H](C)C(=O)N12. The average molecular weight is 374 g/mol. The second-order valence-electron chi connectivity index (χ2n) is 7.45. The van der Waals surface area contributed by atoms with Crippen molar-refractivity contribution in [3.8, 4) is 0 Å². The summed E-state index contributed by atoms with van der Waals surface area (Å²) in [4.78, 5) is 29.1. The lowest BCUT2D eigenvalue weighted by molar-refractivity contribution is -0.160. The molecule has 148 valence electrons. The molecule has 0 N–H and O–H groups in total. The number of nitrogens with zero attached hydrogens (tertiary/aromatic N) is 2. The molecular formula is C21H30N2O4. The molecule has 1 aromatic carbocycles. The van der Waals surface area contributed by atoms with Crippen molar-refractivity contribution in [2.75, 3.05) is 19.8 Å². The first-order chi connectivity index (χ1) is 13.1. The van der Waals surface area contributed by atoms with Crippen molar-refractivity contribution in [3.63, 3.8) is 0 Å². The molecule has 2 saturated heterocycles. The van der Waals surface area contributed by atoms with E-state index in [1.165, 1.54) is 0 Å². The van der Waals surface area contributed by atoms with Gasteiger partial charge in [-0.25, -0.2) is 4.79 Å². The first-order valence-corrected chi connectivity index (χ1v) is 9.99. The zero-order chi connectivity index (χ0) is 19.2. The molecule has 6 heteroatoms. The Balaban J connectivity index is 1.61. The molecule has 6 nitrogen and oxygen atoms in total. The molecule has 2 aliphatic heterocycles. The zero-order valence-electron chi connectivity index (χ0n) is 16.3. The van der Waals surface area contributed by atoms with Crippen LogP contribution in [0.3, 0.4) is 0 Å². The topological polar surface area (TPSA) is 59.1 Å². The van der Waals surface area contributed by atoms with Crippen LogP contribution in [-0.4, -0.2) is 59.7 Å². The van der Waals surface area contributed by atoms with Gasteiger partial charge in [-0.2, -0.15) is 0 Å². The van der Waals surface area contributed by atoms with Crippen LogP contribution < -0.4 is 0 Å². The Kier molecular flexibility index (Phi) is 6.72. The lowest BCUT2D eigenvalue weighted by Gasteiger charge is -2.49. The molecule has 0 aromatic heterocycles. The summed E-state index contributed by atoms with van der Waals surface area (Å²) < 4.78 is 11.2. The molecule has 3 atom stereocenters. The molecule has 2 heterocycles. The van der Waals surface area contributed by atoms with E-state index in [9.17, 15) is 9.59 Å². The van der Waals surface area contributed by atoms with E-state index < -0.39 is 12.1 Å². The summed E-state index contributed by atoms with van der Waals surface area (Å²) >= 11 is 0. The van der Waals surface area contributed by atoms with Crippen LogP contribution in [0.4, 0.5) is 4.79 Å². The standard InChI is InChI=1S/C21H30N2O4/c1-3-4-6-11-18-14-26-15-19-12-22(16(2)20(24)23(18)19)21(25)27-13-17-9-7-5-8-10-17/h5,7-10,16,18-19H,3-4,6,11-15H2,1-2H3/t16-,18-,19+/m0/s1. The Morgan fingerprint density at radius 2 is 2.00 bits per heavy atom. The van der Waals surface area contributed by atoms with Crippen LogP contribution in [0.15, 0.2) is 30.3 Å². The van der Waals surface area contributed by atoms with Crippen molar-refractivity contribution >= 4 is 12.0 Å². The molecule has 27 heavy (non-hydrogen) atoms. The number of carbonyl (C=O) groups excluding carboxylic acids is 2. The third-order valence-corrected chi connectivity index (χ3v) is 5.47. The van der Waals surface area contributed by atoms with Crippen molar-refractivity contribution in [1.82, 2.24) is 9.80 Å². The maximum Gasteiger partial charge on any atom is 0.410 e. The smallest absolute Gasteiger partial charge is 0.410 e. The van der Waals surface area contributed by atoms with Gasteiger partial charge in [0, 0.05) is 6.54 Å². The molecule has 0 unspecified atom stereocenters. The number of morpholine rings is 1. The van der Waals surface area contributed by atoms with Gasteiger partial charge in [0.1, 0.15) is 12.6 Å². The molecule has 2 fully saturated rings. The summed E-state index contributed by atoms with van der Waals surface area (Å²) in [5, 5.41) is 0. The first kappa shape index (κ1) is 19.7. The summed E-state index contributed by atoms with van der Waals surface area (Å²) in [7, 11) is 0. The number of piperazine rings is 1. The number of hydrogen-bond donors (Lipinski definition) is 0. The normalized spacial score (nSPS) is 25.3. The van der Waals surface area contributed by atoms with Crippen molar-refractivity contribution < 1.29 is 19.1 Å². The number of rotatable bonds is 6. The largest absolute Gasteiger partial charge is 0.445 e. The highest BCUT2D eigenvalue weighted by molar-refractivity contribution is 5.87. The van der Waals surface area contributed by atoms with Crippen LogP contribution >= 0.6 is 0 Å². The second-order valence-corrected chi connectivity index (χ2v) is 7.45. The number of fused-ring (bicyclic) bond motifs is 1. The number of amides is 2. The Hall–Kier alpha value is -2.08. The lowest BCUT2D eigenvalue weighted by atomic mass is 9.99.